The third-order valence-electron chi connectivity index (χ3n) is 3.84. The van der Waals surface area contributed by atoms with Gasteiger partial charge in [0, 0.05) is 18.3 Å². The number of aromatic nitrogens is 1. The molecule has 1 amide bonds. The first-order valence-corrected chi connectivity index (χ1v) is 8.89. The van der Waals surface area contributed by atoms with Gasteiger partial charge in [0.05, 0.1) is 12.6 Å². The van der Waals surface area contributed by atoms with Crippen molar-refractivity contribution in [3.05, 3.63) is 48.2 Å². The molecule has 3 N–H and O–H groups in total. The Balaban J connectivity index is 0.00000364. The van der Waals surface area contributed by atoms with Crippen LogP contribution >= 0.6 is 12.4 Å². The highest BCUT2D eigenvalue weighted by Crippen LogP contribution is 2.31. The van der Waals surface area contributed by atoms with Crippen LogP contribution in [-0.4, -0.2) is 23.5 Å². The number of nitrogens with zero attached hydrogens (tertiary/aromatic N) is 1. The van der Waals surface area contributed by atoms with E-state index in [1.165, 1.54) is 0 Å². The maximum atomic E-state index is 12.1. The van der Waals surface area contributed by atoms with E-state index in [2.05, 4.69) is 10.3 Å². The van der Waals surface area contributed by atoms with Crippen LogP contribution in [0, 0.1) is 5.92 Å². The number of halogens is 1. The average molecular weight is 394 g/mol. The van der Waals surface area contributed by atoms with Gasteiger partial charge in [-0.05, 0) is 30.5 Å². The lowest BCUT2D eigenvalue weighted by Crippen LogP contribution is -2.43. The van der Waals surface area contributed by atoms with E-state index in [4.69, 9.17) is 15.2 Å². The molecule has 1 heterocycles. The monoisotopic (exact) mass is 393 g/mol. The smallest absolute Gasteiger partial charge is 0.237 e. The van der Waals surface area contributed by atoms with Crippen LogP contribution in [0.4, 0.5) is 0 Å². The molecule has 0 spiro atoms. The van der Waals surface area contributed by atoms with Gasteiger partial charge >= 0.3 is 0 Å². The average Bonchev–Trinajstić information content (AvgIpc) is 2.65. The summed E-state index contributed by atoms with van der Waals surface area (Å²) in [6, 6.07) is 10.6. The van der Waals surface area contributed by atoms with Crippen molar-refractivity contribution < 1.29 is 14.3 Å². The normalized spacial score (nSPS) is 11.4. The predicted octanol–water partition coefficient (Wildman–Crippen LogP) is 3.68. The van der Waals surface area contributed by atoms with Crippen LogP contribution in [0.1, 0.15) is 32.8 Å². The molecule has 27 heavy (non-hydrogen) atoms. The molecular weight excluding hydrogens is 366 g/mol. The van der Waals surface area contributed by atoms with Crippen molar-refractivity contribution in [3.8, 4) is 17.4 Å². The second-order valence-corrected chi connectivity index (χ2v) is 6.35. The zero-order chi connectivity index (χ0) is 18.9. The van der Waals surface area contributed by atoms with E-state index in [1.807, 2.05) is 51.1 Å². The lowest BCUT2D eigenvalue weighted by Gasteiger charge is -2.17. The van der Waals surface area contributed by atoms with Gasteiger partial charge in [0.15, 0.2) is 11.5 Å². The molecule has 148 valence electrons. The number of pyridine rings is 1. The molecule has 2 rings (SSSR count). The van der Waals surface area contributed by atoms with Gasteiger partial charge in [-0.1, -0.05) is 39.0 Å². The van der Waals surface area contributed by atoms with Gasteiger partial charge in [0.25, 0.3) is 0 Å². The summed E-state index contributed by atoms with van der Waals surface area (Å²) in [5, 5.41) is 2.84. The summed E-state index contributed by atoms with van der Waals surface area (Å²) in [4.78, 5) is 16.4. The molecular formula is C20H28ClN3O3. The summed E-state index contributed by atoms with van der Waals surface area (Å²) < 4.78 is 11.7. The highest BCUT2D eigenvalue weighted by molar-refractivity contribution is 5.85. The van der Waals surface area contributed by atoms with E-state index >= 15 is 0 Å². The molecule has 7 heteroatoms. The number of nitrogens with one attached hydrogen (secondary N) is 1. The second kappa shape index (κ2) is 11.4. The van der Waals surface area contributed by atoms with Crippen molar-refractivity contribution in [2.75, 3.05) is 6.61 Å². The Morgan fingerprint density at radius 1 is 1.19 bits per heavy atom. The maximum Gasteiger partial charge on any atom is 0.237 e. The molecule has 0 aliphatic rings. The summed E-state index contributed by atoms with van der Waals surface area (Å²) in [7, 11) is 0. The first kappa shape index (κ1) is 22.7. The topological polar surface area (TPSA) is 86.5 Å². The summed E-state index contributed by atoms with van der Waals surface area (Å²) in [6.07, 6.45) is 2.56. The summed E-state index contributed by atoms with van der Waals surface area (Å²) in [6.45, 7) is 6.77. The van der Waals surface area contributed by atoms with E-state index in [1.54, 1.807) is 12.3 Å². The molecule has 1 aromatic carbocycles. The Morgan fingerprint density at radius 2 is 1.89 bits per heavy atom. The first-order chi connectivity index (χ1) is 12.5. The maximum absolute atomic E-state index is 12.1. The van der Waals surface area contributed by atoms with Crippen LogP contribution in [0.3, 0.4) is 0 Å². The molecule has 6 nitrogen and oxygen atoms in total. The molecule has 1 aromatic heterocycles. The highest BCUT2D eigenvalue weighted by Gasteiger charge is 2.18. The van der Waals surface area contributed by atoms with Crippen LogP contribution in [0.15, 0.2) is 42.6 Å². The van der Waals surface area contributed by atoms with Crippen molar-refractivity contribution in [3.63, 3.8) is 0 Å². The standard InChI is InChI=1S/C20H27N3O3.ClH/c1-4-12-25-16-9-5-6-10-17(16)26-20-15(8-7-11-22-20)13-23-19(24)18(21)14(2)3;/h5-11,14,18H,4,12-13,21H2,1-3H3,(H,23,24);1H/t18-;/m0./s1. The molecule has 1 atom stereocenters. The van der Waals surface area contributed by atoms with Crippen molar-refractivity contribution in [1.29, 1.82) is 0 Å². The predicted molar refractivity (Wildman–Crippen MR) is 108 cm³/mol. The Morgan fingerprint density at radius 3 is 2.56 bits per heavy atom. The van der Waals surface area contributed by atoms with Gasteiger partial charge in [0.1, 0.15) is 0 Å². The Labute approximate surface area is 166 Å². The number of benzene rings is 1. The van der Waals surface area contributed by atoms with Gasteiger partial charge in [-0.3, -0.25) is 4.79 Å². The molecule has 0 aliphatic carbocycles. The number of amides is 1. The van der Waals surface area contributed by atoms with Gasteiger partial charge < -0.3 is 20.5 Å². The van der Waals surface area contributed by atoms with Gasteiger partial charge in [-0.25, -0.2) is 4.98 Å². The van der Waals surface area contributed by atoms with Crippen LogP contribution in [0.2, 0.25) is 0 Å². The van der Waals surface area contributed by atoms with Crippen LogP contribution in [0.5, 0.6) is 17.4 Å². The van der Waals surface area contributed by atoms with E-state index in [9.17, 15) is 4.79 Å². The van der Waals surface area contributed by atoms with E-state index in [-0.39, 0.29) is 24.2 Å². The van der Waals surface area contributed by atoms with Gasteiger partial charge in [-0.2, -0.15) is 0 Å². The number of para-hydroxylation sites is 2. The van der Waals surface area contributed by atoms with Crippen molar-refractivity contribution in [1.82, 2.24) is 10.3 Å². The second-order valence-electron chi connectivity index (χ2n) is 6.35. The number of ether oxygens (including phenoxy) is 2. The molecule has 0 radical (unpaired) electrons. The fourth-order valence-electron chi connectivity index (χ4n) is 2.22. The van der Waals surface area contributed by atoms with E-state index in [0.29, 0.717) is 30.5 Å². The quantitative estimate of drug-likeness (QED) is 0.678. The summed E-state index contributed by atoms with van der Waals surface area (Å²) >= 11 is 0. The number of carbonyl (C=O) groups is 1. The Bertz CT molecular complexity index is 725. The lowest BCUT2D eigenvalue weighted by atomic mass is 10.1. The zero-order valence-corrected chi connectivity index (χ0v) is 16.8. The number of hydrogen-bond donors (Lipinski definition) is 2. The SMILES string of the molecule is CCCOc1ccccc1Oc1ncccc1CNC(=O)[C@@H](N)C(C)C.Cl. The van der Waals surface area contributed by atoms with E-state index in [0.717, 1.165) is 12.0 Å². The minimum absolute atomic E-state index is 0. The molecule has 2 aromatic rings. The van der Waals surface area contributed by atoms with Crippen LogP contribution < -0.4 is 20.5 Å². The molecule has 0 saturated heterocycles. The fraction of sp³-hybridized carbons (Fsp3) is 0.400. The van der Waals surface area contributed by atoms with Gasteiger partial charge in [-0.15, -0.1) is 12.4 Å². The fourth-order valence-corrected chi connectivity index (χ4v) is 2.22. The molecule has 0 unspecified atom stereocenters. The minimum atomic E-state index is -0.542. The molecule has 0 bridgehead atoms. The first-order valence-electron chi connectivity index (χ1n) is 8.89. The highest BCUT2D eigenvalue weighted by atomic mass is 35.5. The zero-order valence-electron chi connectivity index (χ0n) is 16.0. The molecule has 0 saturated carbocycles. The number of nitrogens with two attached hydrogens (primary N) is 1. The van der Waals surface area contributed by atoms with Crippen molar-refractivity contribution in [2.24, 2.45) is 11.7 Å². The van der Waals surface area contributed by atoms with Crippen LogP contribution in [0.25, 0.3) is 0 Å². The lowest BCUT2D eigenvalue weighted by molar-refractivity contribution is -0.123. The van der Waals surface area contributed by atoms with E-state index < -0.39 is 6.04 Å². The van der Waals surface area contributed by atoms with Crippen LogP contribution in [-0.2, 0) is 11.3 Å². The third kappa shape index (κ3) is 6.73. The van der Waals surface area contributed by atoms with Crippen molar-refractivity contribution in [2.45, 2.75) is 39.8 Å². The van der Waals surface area contributed by atoms with Gasteiger partial charge in [0.2, 0.25) is 11.8 Å². The third-order valence-corrected chi connectivity index (χ3v) is 3.84. The number of rotatable bonds is 9. The Hall–Kier alpha value is -2.31. The summed E-state index contributed by atoms with van der Waals surface area (Å²) in [5.74, 6) is 1.56. The summed E-state index contributed by atoms with van der Waals surface area (Å²) in [5.41, 5.74) is 6.64. The Kier molecular flexibility index (Phi) is 9.61. The number of carbonyl (C=O) groups excluding carboxylic acids is 1. The minimum Gasteiger partial charge on any atom is -0.490 e. The molecule has 0 aliphatic heterocycles. The largest absolute Gasteiger partial charge is 0.490 e. The molecule has 0 fully saturated rings. The number of hydrogen-bond acceptors (Lipinski definition) is 5. The van der Waals surface area contributed by atoms with Crippen molar-refractivity contribution >= 4 is 18.3 Å².